The van der Waals surface area contributed by atoms with Crippen LogP contribution in [0.4, 0.5) is 11.6 Å². The predicted molar refractivity (Wildman–Crippen MR) is 89.7 cm³/mol. The molecule has 0 radical (unpaired) electrons. The normalized spacial score (nSPS) is 15.0. The van der Waals surface area contributed by atoms with Gasteiger partial charge in [-0.15, -0.1) is 0 Å². The number of anilines is 2. The number of rotatable bonds is 6. The lowest BCUT2D eigenvalue weighted by Crippen LogP contribution is -2.18. The van der Waals surface area contributed by atoms with E-state index in [0.717, 1.165) is 31.6 Å². The summed E-state index contributed by atoms with van der Waals surface area (Å²) in [6.45, 7) is 0.733. The van der Waals surface area contributed by atoms with E-state index >= 15 is 0 Å². The van der Waals surface area contributed by atoms with Crippen LogP contribution in [0.15, 0.2) is 29.2 Å². The molecule has 0 aliphatic heterocycles. The maximum absolute atomic E-state index is 4.73. The minimum atomic E-state index is 0.413. The highest BCUT2D eigenvalue weighted by atomic mass is 16.6. The van der Waals surface area contributed by atoms with Crippen LogP contribution in [-0.4, -0.2) is 37.9 Å². The summed E-state index contributed by atoms with van der Waals surface area (Å²) >= 11 is 0. The Kier molecular flexibility index (Phi) is 4.18. The fourth-order valence-electron chi connectivity index (χ4n) is 3.00. The van der Waals surface area contributed by atoms with Crippen LogP contribution < -0.4 is 10.6 Å². The second kappa shape index (κ2) is 6.77. The number of aromatic nitrogens is 5. The predicted octanol–water partition coefficient (Wildman–Crippen LogP) is 2.42. The smallest absolute Gasteiger partial charge is 0.245 e. The average molecular weight is 325 g/mol. The molecular weight excluding hydrogens is 306 g/mol. The van der Waals surface area contributed by atoms with Crippen LogP contribution in [0, 0.1) is 0 Å². The van der Waals surface area contributed by atoms with Crippen LogP contribution in [0.5, 0.6) is 0 Å². The first-order valence-corrected chi connectivity index (χ1v) is 8.28. The summed E-state index contributed by atoms with van der Waals surface area (Å²) in [5.41, 5.74) is 2.01. The third-order valence-corrected chi connectivity index (χ3v) is 4.24. The fourth-order valence-corrected chi connectivity index (χ4v) is 3.00. The summed E-state index contributed by atoms with van der Waals surface area (Å²) in [6.07, 6.45) is 9.32. The zero-order chi connectivity index (χ0) is 16.2. The molecule has 0 saturated heterocycles. The third-order valence-electron chi connectivity index (χ3n) is 4.24. The maximum Gasteiger partial charge on any atom is 0.245 e. The summed E-state index contributed by atoms with van der Waals surface area (Å²) < 4.78 is 4.73. The van der Waals surface area contributed by atoms with Crippen LogP contribution in [0.1, 0.15) is 31.2 Å². The zero-order valence-corrected chi connectivity index (χ0v) is 13.3. The van der Waals surface area contributed by atoms with Crippen molar-refractivity contribution in [3.05, 3.63) is 30.1 Å². The first-order chi connectivity index (χ1) is 11.9. The van der Waals surface area contributed by atoms with Crippen LogP contribution in [0.2, 0.25) is 0 Å². The van der Waals surface area contributed by atoms with Gasteiger partial charge in [-0.05, 0) is 41.2 Å². The fraction of sp³-hybridized carbons (Fsp3) is 0.438. The zero-order valence-electron chi connectivity index (χ0n) is 13.3. The maximum atomic E-state index is 4.73. The van der Waals surface area contributed by atoms with Gasteiger partial charge in [0.15, 0.2) is 11.6 Å². The molecule has 3 aromatic heterocycles. The van der Waals surface area contributed by atoms with E-state index in [9.17, 15) is 0 Å². The number of nitrogens with one attached hydrogen (secondary N) is 2. The number of pyridine rings is 1. The van der Waals surface area contributed by atoms with Gasteiger partial charge in [-0.1, -0.05) is 18.9 Å². The van der Waals surface area contributed by atoms with Crippen molar-refractivity contribution in [2.24, 2.45) is 0 Å². The van der Waals surface area contributed by atoms with Gasteiger partial charge in [0.2, 0.25) is 11.3 Å². The van der Waals surface area contributed by atoms with E-state index in [2.05, 4.69) is 42.0 Å². The molecule has 4 rings (SSSR count). The Morgan fingerprint density at radius 3 is 2.62 bits per heavy atom. The van der Waals surface area contributed by atoms with E-state index in [-0.39, 0.29) is 0 Å². The van der Waals surface area contributed by atoms with E-state index in [4.69, 9.17) is 4.63 Å². The average Bonchev–Trinajstić information content (AvgIpc) is 3.27. The topological polar surface area (TPSA) is 102 Å². The van der Waals surface area contributed by atoms with Gasteiger partial charge in [0.05, 0.1) is 0 Å². The molecule has 1 aliphatic rings. The molecule has 3 aromatic rings. The third kappa shape index (κ3) is 3.27. The lowest BCUT2D eigenvalue weighted by molar-refractivity contribution is 0.314. The van der Waals surface area contributed by atoms with Crippen LogP contribution in [0.25, 0.3) is 11.3 Å². The van der Waals surface area contributed by atoms with E-state index in [1.165, 1.54) is 18.4 Å². The highest BCUT2D eigenvalue weighted by Gasteiger charge is 2.19. The highest BCUT2D eigenvalue weighted by molar-refractivity contribution is 5.73. The largest absolute Gasteiger partial charge is 0.367 e. The van der Waals surface area contributed by atoms with Crippen molar-refractivity contribution in [1.82, 2.24) is 25.3 Å². The summed E-state index contributed by atoms with van der Waals surface area (Å²) in [6, 6.07) is 4.44. The summed E-state index contributed by atoms with van der Waals surface area (Å²) in [5, 5.41) is 14.4. The Hall–Kier alpha value is -2.77. The molecule has 8 heteroatoms. The summed E-state index contributed by atoms with van der Waals surface area (Å²) in [4.78, 5) is 13.1. The van der Waals surface area contributed by atoms with E-state index in [1.807, 2.05) is 12.3 Å². The van der Waals surface area contributed by atoms with Gasteiger partial charge in [-0.25, -0.2) is 14.6 Å². The molecule has 124 valence electrons. The van der Waals surface area contributed by atoms with Gasteiger partial charge in [0, 0.05) is 25.0 Å². The highest BCUT2D eigenvalue weighted by Crippen LogP contribution is 2.26. The van der Waals surface area contributed by atoms with Gasteiger partial charge in [0.25, 0.3) is 0 Å². The van der Waals surface area contributed by atoms with Crippen molar-refractivity contribution in [1.29, 1.82) is 0 Å². The van der Waals surface area contributed by atoms with E-state index < -0.39 is 0 Å². The Morgan fingerprint density at radius 2 is 1.88 bits per heavy atom. The van der Waals surface area contributed by atoms with Crippen molar-refractivity contribution in [3.63, 3.8) is 0 Å². The molecular formula is C16H19N7O. The molecule has 1 saturated carbocycles. The standard InChI is InChI=1S/C16H19N7O/c1-2-6-12(5-1)19-14-13(20-15-16(21-14)23-24-22-15)18-9-7-11-4-3-8-17-10-11/h3-4,8,10,12H,1-2,5-7,9H2,(H,18,20,22)(H,19,21,23). The molecule has 2 N–H and O–H groups in total. The summed E-state index contributed by atoms with van der Waals surface area (Å²) in [7, 11) is 0. The van der Waals surface area contributed by atoms with Gasteiger partial charge in [-0.2, -0.15) is 0 Å². The van der Waals surface area contributed by atoms with Crippen LogP contribution in [0.3, 0.4) is 0 Å². The Balaban J connectivity index is 1.50. The Bertz CT molecular complexity index is 799. The lowest BCUT2D eigenvalue weighted by atomic mass is 10.2. The quantitative estimate of drug-likeness (QED) is 0.712. The Labute approximate surface area is 139 Å². The van der Waals surface area contributed by atoms with Crippen molar-refractivity contribution >= 4 is 22.9 Å². The van der Waals surface area contributed by atoms with Gasteiger partial charge in [0.1, 0.15) is 0 Å². The number of hydrogen-bond acceptors (Lipinski definition) is 8. The molecule has 24 heavy (non-hydrogen) atoms. The Morgan fingerprint density at radius 1 is 1.08 bits per heavy atom. The van der Waals surface area contributed by atoms with E-state index in [1.54, 1.807) is 6.20 Å². The molecule has 0 bridgehead atoms. The number of hydrogen-bond donors (Lipinski definition) is 2. The van der Waals surface area contributed by atoms with E-state index in [0.29, 0.717) is 23.2 Å². The van der Waals surface area contributed by atoms with Gasteiger partial charge < -0.3 is 10.6 Å². The monoisotopic (exact) mass is 325 g/mol. The van der Waals surface area contributed by atoms with Gasteiger partial charge in [-0.3, -0.25) is 4.98 Å². The van der Waals surface area contributed by atoms with Crippen molar-refractivity contribution < 1.29 is 4.63 Å². The molecule has 0 aromatic carbocycles. The molecule has 0 unspecified atom stereocenters. The number of nitrogens with zero attached hydrogens (tertiary/aromatic N) is 5. The molecule has 0 spiro atoms. The SMILES string of the molecule is c1cncc(CCNc2nc3nonc3nc2NC2CCCC2)c1. The molecule has 0 atom stereocenters. The molecule has 1 aliphatic carbocycles. The molecule has 0 amide bonds. The first kappa shape index (κ1) is 14.8. The second-order valence-corrected chi connectivity index (χ2v) is 6.00. The van der Waals surface area contributed by atoms with Crippen LogP contribution >= 0.6 is 0 Å². The molecule has 3 heterocycles. The van der Waals surface area contributed by atoms with Crippen molar-refractivity contribution in [3.8, 4) is 0 Å². The summed E-state index contributed by atoms with van der Waals surface area (Å²) in [5.74, 6) is 1.41. The van der Waals surface area contributed by atoms with Crippen LogP contribution in [-0.2, 0) is 6.42 Å². The lowest BCUT2D eigenvalue weighted by Gasteiger charge is -2.15. The first-order valence-electron chi connectivity index (χ1n) is 8.28. The number of fused-ring (bicyclic) bond motifs is 1. The minimum Gasteiger partial charge on any atom is -0.367 e. The van der Waals surface area contributed by atoms with Crippen molar-refractivity contribution in [2.75, 3.05) is 17.2 Å². The minimum absolute atomic E-state index is 0.413. The molecule has 1 fully saturated rings. The van der Waals surface area contributed by atoms with Crippen molar-refractivity contribution in [2.45, 2.75) is 38.1 Å². The van der Waals surface area contributed by atoms with Gasteiger partial charge >= 0.3 is 0 Å². The second-order valence-electron chi connectivity index (χ2n) is 6.00. The molecule has 8 nitrogen and oxygen atoms in total.